The molecule has 1 aliphatic heterocycles. The molecule has 0 saturated carbocycles. The van der Waals surface area contributed by atoms with Gasteiger partial charge in [0.1, 0.15) is 0 Å². The van der Waals surface area contributed by atoms with E-state index in [0.29, 0.717) is 11.4 Å². The normalized spacial score (nSPS) is 13.3. The number of benzene rings is 3. The second-order valence-corrected chi connectivity index (χ2v) is 10.0. The second-order valence-electron chi connectivity index (χ2n) is 8.07. The van der Waals surface area contributed by atoms with E-state index in [1.54, 1.807) is 6.07 Å². The summed E-state index contributed by atoms with van der Waals surface area (Å²) in [4.78, 5) is 44.8. The largest absolute Gasteiger partial charge is 0.322 e. The molecule has 0 unspecified atom stereocenters. The van der Waals surface area contributed by atoms with Crippen LogP contribution in [0, 0.1) is 13.8 Å². The smallest absolute Gasteiger partial charge is 0.266 e. The molecular formula is C25H23N3O6S. The molecule has 3 aromatic rings. The van der Waals surface area contributed by atoms with Crippen LogP contribution in [-0.2, 0) is 14.9 Å². The zero-order valence-corrected chi connectivity index (χ0v) is 20.3. The van der Waals surface area contributed by atoms with Gasteiger partial charge in [-0.2, -0.15) is 0 Å². The number of rotatable bonds is 6. The van der Waals surface area contributed by atoms with Crippen molar-refractivity contribution >= 4 is 39.1 Å². The van der Waals surface area contributed by atoms with Crippen molar-refractivity contribution < 1.29 is 27.6 Å². The first-order valence-electron chi connectivity index (χ1n) is 10.6. The predicted octanol–water partition coefficient (Wildman–Crippen LogP) is 3.54. The quantitative estimate of drug-likeness (QED) is 0.415. The lowest BCUT2D eigenvalue weighted by Crippen LogP contribution is -2.30. The maximum atomic E-state index is 13.1. The molecule has 1 N–H and O–H groups in total. The lowest BCUT2D eigenvalue weighted by molar-refractivity contribution is -0.0258. The first-order valence-corrected chi connectivity index (χ1v) is 12.0. The van der Waals surface area contributed by atoms with Gasteiger partial charge in [0.15, 0.2) is 0 Å². The van der Waals surface area contributed by atoms with Crippen LogP contribution in [-0.4, -0.2) is 44.8 Å². The van der Waals surface area contributed by atoms with E-state index < -0.39 is 27.7 Å². The van der Waals surface area contributed by atoms with Crippen molar-refractivity contribution in [3.05, 3.63) is 88.5 Å². The van der Waals surface area contributed by atoms with Gasteiger partial charge in [-0.1, -0.05) is 16.6 Å². The summed E-state index contributed by atoms with van der Waals surface area (Å²) in [5, 5.41) is 2.67. The van der Waals surface area contributed by atoms with Crippen molar-refractivity contribution in [1.29, 1.82) is 0 Å². The van der Waals surface area contributed by atoms with Crippen LogP contribution in [0.3, 0.4) is 0 Å². The SMILES string of the molecule is CON(C)S(=O)(=O)c1ccc(NC(=O)c2ccc3c(c2)C(=O)N(c2cc(C)ccc2C)C3=O)cc1. The minimum absolute atomic E-state index is 0.00646. The molecule has 180 valence electrons. The first kappa shape index (κ1) is 24.3. The Morgan fingerprint density at radius 2 is 1.57 bits per heavy atom. The summed E-state index contributed by atoms with van der Waals surface area (Å²) in [6, 6.07) is 15.4. The molecular weight excluding hydrogens is 470 g/mol. The van der Waals surface area contributed by atoms with Gasteiger partial charge in [0, 0.05) is 18.3 Å². The van der Waals surface area contributed by atoms with Crippen LogP contribution < -0.4 is 10.2 Å². The zero-order valence-electron chi connectivity index (χ0n) is 19.5. The molecule has 10 heteroatoms. The van der Waals surface area contributed by atoms with E-state index >= 15 is 0 Å². The van der Waals surface area contributed by atoms with Gasteiger partial charge in [0.25, 0.3) is 27.7 Å². The maximum absolute atomic E-state index is 13.1. The average Bonchev–Trinajstić information content (AvgIpc) is 3.09. The van der Waals surface area contributed by atoms with E-state index in [1.807, 2.05) is 26.0 Å². The molecule has 1 aliphatic rings. The van der Waals surface area contributed by atoms with Crippen molar-refractivity contribution in [2.75, 3.05) is 24.4 Å². The minimum atomic E-state index is -3.81. The highest BCUT2D eigenvalue weighted by Gasteiger charge is 2.37. The summed E-state index contributed by atoms with van der Waals surface area (Å²) in [7, 11) is -1.31. The van der Waals surface area contributed by atoms with Crippen molar-refractivity contribution in [2.24, 2.45) is 0 Å². The van der Waals surface area contributed by atoms with Crippen LogP contribution in [0.15, 0.2) is 65.6 Å². The monoisotopic (exact) mass is 493 g/mol. The van der Waals surface area contributed by atoms with Gasteiger partial charge in [-0.25, -0.2) is 13.3 Å². The van der Waals surface area contributed by atoms with Crippen LogP contribution in [0.1, 0.15) is 42.2 Å². The number of sulfonamides is 1. The summed E-state index contributed by atoms with van der Waals surface area (Å²) in [5.41, 5.74) is 3.12. The molecule has 0 fully saturated rings. The number of carbonyl (C=O) groups is 3. The Morgan fingerprint density at radius 3 is 2.23 bits per heavy atom. The maximum Gasteiger partial charge on any atom is 0.266 e. The summed E-state index contributed by atoms with van der Waals surface area (Å²) < 4.78 is 25.3. The second kappa shape index (κ2) is 9.06. The van der Waals surface area contributed by atoms with E-state index in [4.69, 9.17) is 4.84 Å². The van der Waals surface area contributed by atoms with E-state index in [1.165, 1.54) is 56.6 Å². The lowest BCUT2D eigenvalue weighted by atomic mass is 10.1. The van der Waals surface area contributed by atoms with Gasteiger partial charge in [-0.3, -0.25) is 19.2 Å². The van der Waals surface area contributed by atoms with E-state index in [9.17, 15) is 22.8 Å². The Labute approximate surface area is 202 Å². The topological polar surface area (TPSA) is 113 Å². The van der Waals surface area contributed by atoms with Crippen LogP contribution in [0.4, 0.5) is 11.4 Å². The minimum Gasteiger partial charge on any atom is -0.322 e. The average molecular weight is 494 g/mol. The molecule has 0 aromatic heterocycles. The van der Waals surface area contributed by atoms with Crippen LogP contribution >= 0.6 is 0 Å². The van der Waals surface area contributed by atoms with E-state index in [0.717, 1.165) is 20.5 Å². The Balaban J connectivity index is 1.57. The number of nitrogens with one attached hydrogen (secondary N) is 1. The number of nitrogens with zero attached hydrogens (tertiary/aromatic N) is 2. The fourth-order valence-corrected chi connectivity index (χ4v) is 4.69. The van der Waals surface area contributed by atoms with Gasteiger partial charge in [0.05, 0.1) is 28.8 Å². The van der Waals surface area contributed by atoms with Gasteiger partial charge < -0.3 is 5.32 Å². The number of fused-ring (bicyclic) bond motifs is 1. The number of aryl methyl sites for hydroxylation is 2. The van der Waals surface area contributed by atoms with Crippen molar-refractivity contribution in [3.63, 3.8) is 0 Å². The number of anilines is 2. The molecule has 1 heterocycles. The third kappa shape index (κ3) is 4.34. The van der Waals surface area contributed by atoms with Crippen molar-refractivity contribution in [3.8, 4) is 0 Å². The Hall–Kier alpha value is -3.86. The summed E-state index contributed by atoms with van der Waals surface area (Å²) in [5.74, 6) is -1.45. The van der Waals surface area contributed by atoms with Crippen molar-refractivity contribution in [1.82, 2.24) is 4.47 Å². The van der Waals surface area contributed by atoms with Gasteiger partial charge >= 0.3 is 0 Å². The summed E-state index contributed by atoms with van der Waals surface area (Å²) >= 11 is 0. The van der Waals surface area contributed by atoms with Crippen molar-refractivity contribution in [2.45, 2.75) is 18.7 Å². The Bertz CT molecular complexity index is 1470. The number of imide groups is 1. The zero-order chi connectivity index (χ0) is 25.5. The molecule has 35 heavy (non-hydrogen) atoms. The highest BCUT2D eigenvalue weighted by molar-refractivity contribution is 7.89. The molecule has 0 spiro atoms. The molecule has 0 radical (unpaired) electrons. The third-order valence-electron chi connectivity index (χ3n) is 5.76. The van der Waals surface area contributed by atoms with Gasteiger partial charge in [0.2, 0.25) is 0 Å². The summed E-state index contributed by atoms with van der Waals surface area (Å²) in [6.45, 7) is 3.70. The van der Waals surface area contributed by atoms with Gasteiger partial charge in [-0.15, -0.1) is 0 Å². The fraction of sp³-hybridized carbons (Fsp3) is 0.160. The molecule has 0 bridgehead atoms. The van der Waals surface area contributed by atoms with Crippen LogP contribution in [0.5, 0.6) is 0 Å². The van der Waals surface area contributed by atoms with E-state index in [-0.39, 0.29) is 21.6 Å². The standard InChI is InChI=1S/C25H23N3O6S/c1-15-5-6-16(2)22(13-15)28-24(30)20-12-7-17(14-21(20)25(28)31)23(29)26-18-8-10-19(11-9-18)35(32,33)27(3)34-4/h5-14H,1-4H3,(H,26,29). The molecule has 0 atom stereocenters. The molecule has 9 nitrogen and oxygen atoms in total. The molecule has 3 aromatic carbocycles. The number of carbonyl (C=O) groups excluding carboxylic acids is 3. The highest BCUT2D eigenvalue weighted by atomic mass is 32.2. The molecule has 0 aliphatic carbocycles. The number of hydroxylamine groups is 1. The molecule has 3 amide bonds. The van der Waals surface area contributed by atoms with Crippen LogP contribution in [0.25, 0.3) is 0 Å². The lowest BCUT2D eigenvalue weighted by Gasteiger charge is -2.17. The fourth-order valence-electron chi connectivity index (χ4n) is 3.72. The van der Waals surface area contributed by atoms with Crippen LogP contribution in [0.2, 0.25) is 0 Å². The molecule has 4 rings (SSSR count). The number of hydrogen-bond acceptors (Lipinski definition) is 6. The summed E-state index contributed by atoms with van der Waals surface area (Å²) in [6.07, 6.45) is 0. The first-order chi connectivity index (χ1) is 16.5. The molecule has 0 saturated heterocycles. The predicted molar refractivity (Wildman–Crippen MR) is 130 cm³/mol. The highest BCUT2D eigenvalue weighted by Crippen LogP contribution is 2.32. The Kier molecular flexibility index (Phi) is 6.28. The third-order valence-corrected chi connectivity index (χ3v) is 7.45. The number of hydrogen-bond donors (Lipinski definition) is 1. The van der Waals surface area contributed by atoms with Gasteiger partial charge in [-0.05, 0) is 73.5 Å². The number of amides is 3. The van der Waals surface area contributed by atoms with E-state index in [2.05, 4.69) is 5.32 Å². The Morgan fingerprint density at radius 1 is 0.914 bits per heavy atom.